The minimum Gasteiger partial charge on any atom is -0.488 e. The zero-order chi connectivity index (χ0) is 25.6. The first kappa shape index (κ1) is 27.0. The van der Waals surface area contributed by atoms with E-state index in [9.17, 15) is 19.5 Å². The predicted molar refractivity (Wildman–Crippen MR) is 120 cm³/mol. The molecule has 0 aromatic carbocycles. The van der Waals surface area contributed by atoms with E-state index in [1.165, 1.54) is 0 Å². The highest BCUT2D eigenvalue weighted by Gasteiger charge is 2.76. The van der Waals surface area contributed by atoms with Crippen LogP contribution >= 0.6 is 0 Å². The van der Waals surface area contributed by atoms with Gasteiger partial charge in [0.2, 0.25) is 17.1 Å². The van der Waals surface area contributed by atoms with Crippen LogP contribution in [0.15, 0.2) is 11.5 Å². The third kappa shape index (κ3) is 4.98. The number of nitrogens with zero attached hydrogens (tertiary/aromatic N) is 1. The Bertz CT molecular complexity index is 832. The first-order valence-electron chi connectivity index (χ1n) is 11.5. The number of ketones is 1. The molecule has 0 saturated carbocycles. The second-order valence-electron chi connectivity index (χ2n) is 11.1. The van der Waals surface area contributed by atoms with E-state index >= 15 is 0 Å². The van der Waals surface area contributed by atoms with Gasteiger partial charge in [0.1, 0.15) is 11.2 Å². The van der Waals surface area contributed by atoms with Gasteiger partial charge in [0.15, 0.2) is 11.3 Å². The Morgan fingerprint density at radius 2 is 1.45 bits per heavy atom. The van der Waals surface area contributed by atoms with Gasteiger partial charge in [0, 0.05) is 6.54 Å². The minimum atomic E-state index is -2.47. The van der Waals surface area contributed by atoms with Gasteiger partial charge in [-0.15, -0.1) is 0 Å². The standard InChI is InChI=1S/C24H39NO8/c1-14(2)30-16-17(26)24(29,18(16)31-15(3)4)23(19(27)32-21(5,6)7)12-11-13-25(23)20(28)33-22(8,9)10/h14-15,29H,11-13H2,1-10H3/t23-,24?/m0/s1. The van der Waals surface area contributed by atoms with Gasteiger partial charge in [0.25, 0.3) is 0 Å². The van der Waals surface area contributed by atoms with Gasteiger partial charge in [-0.05, 0) is 82.1 Å². The van der Waals surface area contributed by atoms with Crippen LogP contribution in [0.5, 0.6) is 0 Å². The average molecular weight is 470 g/mol. The van der Waals surface area contributed by atoms with Crippen molar-refractivity contribution in [3.05, 3.63) is 11.5 Å². The molecule has 2 atom stereocenters. The highest BCUT2D eigenvalue weighted by molar-refractivity contribution is 6.15. The van der Waals surface area contributed by atoms with E-state index in [0.29, 0.717) is 6.42 Å². The van der Waals surface area contributed by atoms with Crippen LogP contribution < -0.4 is 0 Å². The summed E-state index contributed by atoms with van der Waals surface area (Å²) < 4.78 is 22.6. The molecule has 1 fully saturated rings. The Labute approximate surface area is 196 Å². The lowest BCUT2D eigenvalue weighted by atomic mass is 9.66. The second kappa shape index (κ2) is 8.81. The molecule has 0 radical (unpaired) electrons. The van der Waals surface area contributed by atoms with Crippen LogP contribution in [0.2, 0.25) is 0 Å². The van der Waals surface area contributed by atoms with Gasteiger partial charge in [-0.25, -0.2) is 9.59 Å². The first-order chi connectivity index (χ1) is 14.9. The molecule has 9 heteroatoms. The maximum atomic E-state index is 13.7. The molecule has 2 rings (SSSR count). The number of hydrogen-bond acceptors (Lipinski definition) is 8. The fraction of sp³-hybridized carbons (Fsp3) is 0.792. The number of hydrogen-bond donors (Lipinski definition) is 1. The van der Waals surface area contributed by atoms with Gasteiger partial charge in [-0.1, -0.05) is 0 Å². The topological polar surface area (TPSA) is 112 Å². The first-order valence-corrected chi connectivity index (χ1v) is 11.5. The molecule has 1 N–H and O–H groups in total. The van der Waals surface area contributed by atoms with E-state index in [2.05, 4.69) is 0 Å². The molecule has 0 bridgehead atoms. The van der Waals surface area contributed by atoms with E-state index in [-0.39, 0.29) is 30.6 Å². The molecule has 1 amide bonds. The second-order valence-corrected chi connectivity index (χ2v) is 11.1. The summed E-state index contributed by atoms with van der Waals surface area (Å²) in [5.74, 6) is -2.05. The van der Waals surface area contributed by atoms with Gasteiger partial charge in [-0.3, -0.25) is 9.69 Å². The normalized spacial score (nSPS) is 26.0. The fourth-order valence-electron chi connectivity index (χ4n) is 4.05. The predicted octanol–water partition coefficient (Wildman–Crippen LogP) is 3.47. The van der Waals surface area contributed by atoms with Crippen molar-refractivity contribution in [3.8, 4) is 0 Å². The molecule has 2 aliphatic rings. The summed E-state index contributed by atoms with van der Waals surface area (Å²) in [5, 5.41) is 11.9. The van der Waals surface area contributed by atoms with Crippen LogP contribution in [0.25, 0.3) is 0 Å². The molecule has 188 valence electrons. The van der Waals surface area contributed by atoms with Crippen molar-refractivity contribution in [2.24, 2.45) is 0 Å². The molecular weight excluding hydrogens is 430 g/mol. The van der Waals surface area contributed by atoms with Crippen molar-refractivity contribution >= 4 is 17.8 Å². The molecule has 1 saturated heterocycles. The zero-order valence-electron chi connectivity index (χ0n) is 21.5. The maximum Gasteiger partial charge on any atom is 0.411 e. The van der Waals surface area contributed by atoms with Crippen molar-refractivity contribution in [3.63, 3.8) is 0 Å². The number of esters is 1. The molecular formula is C24H39NO8. The molecule has 1 aliphatic heterocycles. The maximum absolute atomic E-state index is 13.7. The molecule has 0 spiro atoms. The van der Waals surface area contributed by atoms with Crippen LogP contribution in [0.3, 0.4) is 0 Å². The Morgan fingerprint density at radius 1 is 0.939 bits per heavy atom. The number of rotatable bonds is 6. The Kier molecular flexibility index (Phi) is 7.20. The number of likely N-dealkylation sites (tertiary alicyclic amines) is 1. The Balaban J connectivity index is 2.72. The van der Waals surface area contributed by atoms with E-state index < -0.39 is 46.3 Å². The smallest absolute Gasteiger partial charge is 0.411 e. The summed E-state index contributed by atoms with van der Waals surface area (Å²) in [4.78, 5) is 41.5. The molecule has 1 unspecified atom stereocenters. The van der Waals surface area contributed by atoms with Crippen molar-refractivity contribution in [1.82, 2.24) is 4.90 Å². The van der Waals surface area contributed by atoms with Crippen molar-refractivity contribution in [1.29, 1.82) is 0 Å². The highest BCUT2D eigenvalue weighted by Crippen LogP contribution is 2.52. The lowest BCUT2D eigenvalue weighted by Crippen LogP contribution is -2.76. The number of carbonyl (C=O) groups excluding carboxylic acids is 3. The van der Waals surface area contributed by atoms with Crippen LogP contribution in [0.1, 0.15) is 82.1 Å². The monoisotopic (exact) mass is 469 g/mol. The zero-order valence-corrected chi connectivity index (χ0v) is 21.5. The number of carbonyl (C=O) groups is 3. The summed E-state index contributed by atoms with van der Waals surface area (Å²) >= 11 is 0. The molecule has 9 nitrogen and oxygen atoms in total. The van der Waals surface area contributed by atoms with Crippen LogP contribution in [-0.2, 0) is 28.5 Å². The fourth-order valence-corrected chi connectivity index (χ4v) is 4.05. The minimum absolute atomic E-state index is 0.0106. The average Bonchev–Trinajstić information content (AvgIpc) is 3.07. The van der Waals surface area contributed by atoms with Gasteiger partial charge in [0.05, 0.1) is 12.2 Å². The molecule has 33 heavy (non-hydrogen) atoms. The van der Waals surface area contributed by atoms with E-state index in [4.69, 9.17) is 18.9 Å². The van der Waals surface area contributed by atoms with Crippen molar-refractivity contribution < 1.29 is 38.4 Å². The third-order valence-electron chi connectivity index (χ3n) is 5.11. The van der Waals surface area contributed by atoms with Gasteiger partial charge >= 0.3 is 12.1 Å². The molecule has 0 aromatic rings. The number of ether oxygens (including phenoxy) is 4. The van der Waals surface area contributed by atoms with Gasteiger partial charge < -0.3 is 24.1 Å². The van der Waals surface area contributed by atoms with Crippen molar-refractivity contribution in [2.75, 3.05) is 6.54 Å². The largest absolute Gasteiger partial charge is 0.488 e. The SMILES string of the molecule is CC(C)OC1=C(OC(C)C)C(O)([C@@]2(C(=O)OC(C)(C)C)CCCN2C(=O)OC(C)(C)C)C1=O. The summed E-state index contributed by atoms with van der Waals surface area (Å²) in [6.45, 7) is 17.1. The summed E-state index contributed by atoms with van der Waals surface area (Å²) in [7, 11) is 0. The molecule has 0 aromatic heterocycles. The highest BCUT2D eigenvalue weighted by atomic mass is 16.6. The Morgan fingerprint density at radius 3 is 1.91 bits per heavy atom. The van der Waals surface area contributed by atoms with E-state index in [1.54, 1.807) is 69.2 Å². The number of aliphatic hydroxyl groups is 1. The summed E-state index contributed by atoms with van der Waals surface area (Å²) in [6.07, 6.45) is -1.29. The van der Waals surface area contributed by atoms with E-state index in [0.717, 1.165) is 4.90 Å². The number of Topliss-reactive ketones (excluding diaryl/α,β-unsaturated/α-hetero) is 1. The number of amides is 1. The third-order valence-corrected chi connectivity index (χ3v) is 5.11. The van der Waals surface area contributed by atoms with Crippen LogP contribution in [-0.4, -0.2) is 68.9 Å². The van der Waals surface area contributed by atoms with Crippen LogP contribution in [0.4, 0.5) is 4.79 Å². The Hall–Kier alpha value is -2.29. The van der Waals surface area contributed by atoms with Crippen molar-refractivity contribution in [2.45, 2.75) is 117 Å². The quantitative estimate of drug-likeness (QED) is 0.589. The lowest BCUT2D eigenvalue weighted by Gasteiger charge is -2.51. The lowest BCUT2D eigenvalue weighted by molar-refractivity contribution is -0.197. The van der Waals surface area contributed by atoms with E-state index in [1.807, 2.05) is 0 Å². The van der Waals surface area contributed by atoms with Gasteiger partial charge in [-0.2, -0.15) is 0 Å². The molecule has 1 heterocycles. The van der Waals surface area contributed by atoms with Crippen LogP contribution in [0, 0.1) is 0 Å². The summed E-state index contributed by atoms with van der Waals surface area (Å²) in [6, 6.07) is 0. The molecule has 1 aliphatic carbocycles. The summed E-state index contributed by atoms with van der Waals surface area (Å²) in [5.41, 5.74) is -6.33.